The van der Waals surface area contributed by atoms with Crippen LogP contribution in [0.15, 0.2) is 109 Å². The van der Waals surface area contributed by atoms with Gasteiger partial charge in [-0.15, -0.1) is 0 Å². The fourth-order valence-electron chi connectivity index (χ4n) is 9.08. The molecule has 1 saturated carbocycles. The number of nitrogens with two attached hydrogens (primary N) is 1. The average molecular weight is 794 g/mol. The Labute approximate surface area is 330 Å². The van der Waals surface area contributed by atoms with Gasteiger partial charge in [0.25, 0.3) is 5.91 Å². The van der Waals surface area contributed by atoms with E-state index in [4.69, 9.17) is 5.73 Å². The van der Waals surface area contributed by atoms with Gasteiger partial charge < -0.3 is 5.73 Å². The highest BCUT2D eigenvalue weighted by Crippen LogP contribution is 2.34. The van der Waals surface area contributed by atoms with Crippen LogP contribution in [0.5, 0.6) is 0 Å². The van der Waals surface area contributed by atoms with E-state index >= 15 is 0 Å². The maximum atomic E-state index is 14.1. The molecule has 2 aromatic carbocycles. The van der Waals surface area contributed by atoms with Gasteiger partial charge in [0.2, 0.25) is 0 Å². The van der Waals surface area contributed by atoms with Gasteiger partial charge >= 0.3 is 0 Å². The summed E-state index contributed by atoms with van der Waals surface area (Å²) in [6, 6.07) is 11.8. The molecule has 294 valence electrons. The van der Waals surface area contributed by atoms with E-state index in [9.17, 15) is 31.6 Å². The van der Waals surface area contributed by atoms with Gasteiger partial charge in [-0.25, -0.2) is 26.3 Å². The summed E-state index contributed by atoms with van der Waals surface area (Å²) in [7, 11) is -4.09. The molecule has 0 saturated heterocycles. The number of halogens is 2. The fraction of sp³-hybridized carbons (Fsp3) is 0.386. The van der Waals surface area contributed by atoms with E-state index in [2.05, 4.69) is 19.1 Å². The van der Waals surface area contributed by atoms with Gasteiger partial charge in [-0.3, -0.25) is 24.4 Å². The zero-order valence-electron chi connectivity index (χ0n) is 31.7. The van der Waals surface area contributed by atoms with Crippen LogP contribution in [0.4, 0.5) is 8.78 Å². The number of hydrogen-bond donors (Lipinski definition) is 1. The molecule has 1 amide bonds. The number of aliphatic imine (C=N–C) groups is 2. The summed E-state index contributed by atoms with van der Waals surface area (Å²) in [5.74, 6) is -1.77. The molecular weight excluding hydrogens is 749 g/mol. The number of primary amides is 1. The lowest BCUT2D eigenvalue weighted by atomic mass is 9.92. The first-order valence-corrected chi connectivity index (χ1v) is 21.4. The first-order chi connectivity index (χ1) is 27.4. The van der Waals surface area contributed by atoms with E-state index in [0.29, 0.717) is 62.4 Å². The summed E-state index contributed by atoms with van der Waals surface area (Å²) in [5.41, 5.74) is 15.3. The number of sulfone groups is 1. The third kappa shape index (κ3) is 7.99. The molecule has 57 heavy (non-hydrogen) atoms. The molecule has 0 spiro atoms. The van der Waals surface area contributed by atoms with Crippen molar-refractivity contribution in [3.05, 3.63) is 112 Å². The number of amides is 1. The standard InChI is InChI=1S/C25H27F2N2O3S.C19H17N3O2/c26-18-7-8-21(27)25(12-18)33(31,32)15-22-19-6-3-9-29-14-17(11-23(29)20(19)13-28-22)24(30)10-16-4-1-2-5-16;20-19(24)13-8-17-15-10-21-16(14(15)6-7-22(17)11-13)9-18(23)12-4-2-1-3-5-12/h7-8,12,14,16H,1-6,9-11,13,15H2;1-5,11H,6-10H2,(H-,20,24)/q+1;/p+1. The summed E-state index contributed by atoms with van der Waals surface area (Å²) in [5, 5.41) is 0. The van der Waals surface area contributed by atoms with Crippen molar-refractivity contribution < 1.29 is 40.7 Å². The molecule has 2 N–H and O–H groups in total. The number of Topliss-reactive ketones (excluding diaryl/α,β-unsaturated/α-hetero) is 2. The van der Waals surface area contributed by atoms with Gasteiger partial charge in [0.1, 0.15) is 23.1 Å². The van der Waals surface area contributed by atoms with Gasteiger partial charge in [0.15, 0.2) is 51.8 Å². The number of ketones is 2. The summed E-state index contributed by atoms with van der Waals surface area (Å²) in [6.07, 6.45) is 12.9. The largest absolute Gasteiger partial charge is 0.366 e. The lowest BCUT2D eigenvalue weighted by Gasteiger charge is -2.13. The molecule has 0 unspecified atom stereocenters. The van der Waals surface area contributed by atoms with E-state index < -0.39 is 32.1 Å². The summed E-state index contributed by atoms with van der Waals surface area (Å²) in [6.45, 7) is 2.53. The van der Waals surface area contributed by atoms with Crippen molar-refractivity contribution in [1.29, 1.82) is 0 Å². The molecule has 13 heteroatoms. The molecule has 10 nitrogen and oxygen atoms in total. The van der Waals surface area contributed by atoms with Crippen LogP contribution in [0.1, 0.15) is 81.0 Å². The van der Waals surface area contributed by atoms with Crippen molar-refractivity contribution in [1.82, 2.24) is 0 Å². The predicted molar refractivity (Wildman–Crippen MR) is 213 cm³/mol. The van der Waals surface area contributed by atoms with Gasteiger partial charge in [0.05, 0.1) is 55.0 Å². The van der Waals surface area contributed by atoms with E-state index in [1.54, 1.807) is 0 Å². The number of carbonyl (C=O) groups is 3. The second-order valence-electron chi connectivity index (χ2n) is 15.7. The lowest BCUT2D eigenvalue weighted by Crippen LogP contribution is -2.24. The number of carbonyl (C=O) groups excluding carboxylic acids is 3. The Morgan fingerprint density at radius 1 is 0.754 bits per heavy atom. The van der Waals surface area contributed by atoms with Gasteiger partial charge in [0, 0.05) is 41.7 Å². The van der Waals surface area contributed by atoms with Gasteiger partial charge in [-0.2, -0.15) is 0 Å². The Kier molecular flexibility index (Phi) is 10.8. The highest BCUT2D eigenvalue weighted by atomic mass is 32.2. The monoisotopic (exact) mass is 793 g/mol. The molecule has 9 rings (SSSR count). The topological polar surface area (TPSA) is 142 Å². The van der Waals surface area contributed by atoms with E-state index in [0.717, 1.165) is 96.4 Å². The normalized spacial score (nSPS) is 20.2. The molecule has 6 aliphatic heterocycles. The highest BCUT2D eigenvalue weighted by molar-refractivity contribution is 7.92. The summed E-state index contributed by atoms with van der Waals surface area (Å²) >= 11 is 0. The van der Waals surface area contributed by atoms with E-state index in [1.807, 2.05) is 42.7 Å². The quantitative estimate of drug-likeness (QED) is 0.239. The van der Waals surface area contributed by atoms with Crippen LogP contribution < -0.4 is 5.73 Å². The van der Waals surface area contributed by atoms with Crippen molar-refractivity contribution in [3.8, 4) is 0 Å². The van der Waals surface area contributed by atoms with Gasteiger partial charge in [-0.05, 0) is 41.7 Å². The first kappa shape index (κ1) is 38.6. The highest BCUT2D eigenvalue weighted by Gasteiger charge is 2.40. The Hall–Kier alpha value is -5.30. The zero-order valence-corrected chi connectivity index (χ0v) is 32.6. The molecule has 1 fully saturated rings. The van der Waals surface area contributed by atoms with Crippen LogP contribution in [0, 0.1) is 17.6 Å². The Morgan fingerprint density at radius 3 is 2.12 bits per heavy atom. The van der Waals surface area contributed by atoms with Crippen molar-refractivity contribution in [2.24, 2.45) is 21.6 Å². The summed E-state index contributed by atoms with van der Waals surface area (Å²) in [4.78, 5) is 45.2. The smallest absolute Gasteiger partial charge is 0.251 e. The van der Waals surface area contributed by atoms with Crippen molar-refractivity contribution in [2.45, 2.75) is 75.5 Å². The minimum absolute atomic E-state index is 0.0953. The van der Waals surface area contributed by atoms with Crippen LogP contribution >= 0.6 is 0 Å². The molecule has 0 aromatic heterocycles. The second-order valence-corrected chi connectivity index (χ2v) is 17.6. The SMILES string of the molecule is NC(=O)C1=C[N+]2=C(C1)C1=C(CC2)C(CC(=O)c2ccccc2)=NC1.O=C(CC1CCCC1)C1=C[N+]2=C(C1)C1=C(CCC2)C(CS(=O)(=O)c2cc(F)ccc2F)=NC1. The number of allylic oxidation sites excluding steroid dienone is 2. The molecule has 1 aliphatic carbocycles. The van der Waals surface area contributed by atoms with Gasteiger partial charge in [-0.1, -0.05) is 56.0 Å². The van der Waals surface area contributed by atoms with Crippen molar-refractivity contribution >= 4 is 50.2 Å². The van der Waals surface area contributed by atoms with Crippen LogP contribution in [0.25, 0.3) is 0 Å². The third-order valence-electron chi connectivity index (χ3n) is 12.0. The van der Waals surface area contributed by atoms with Crippen LogP contribution in [-0.4, -0.2) is 89.8 Å². The minimum atomic E-state index is -4.09. The number of hydrogen-bond acceptors (Lipinski definition) is 7. The van der Waals surface area contributed by atoms with Crippen LogP contribution in [-0.2, 0) is 19.4 Å². The molecular formula is C44H45F2N5O5S+2. The van der Waals surface area contributed by atoms with Crippen molar-refractivity contribution in [2.75, 3.05) is 31.9 Å². The molecule has 0 atom stereocenters. The second kappa shape index (κ2) is 15.9. The molecule has 6 heterocycles. The predicted octanol–water partition coefficient (Wildman–Crippen LogP) is 5.81. The van der Waals surface area contributed by atoms with Crippen molar-refractivity contribution in [3.63, 3.8) is 0 Å². The van der Waals surface area contributed by atoms with E-state index in [-0.39, 0.29) is 17.5 Å². The lowest BCUT2D eigenvalue weighted by molar-refractivity contribution is -0.454. The summed E-state index contributed by atoms with van der Waals surface area (Å²) < 4.78 is 57.7. The molecule has 7 aliphatic rings. The molecule has 0 radical (unpaired) electrons. The minimum Gasteiger partial charge on any atom is -0.366 e. The fourth-order valence-corrected chi connectivity index (χ4v) is 10.5. The molecule has 2 aromatic rings. The first-order valence-electron chi connectivity index (χ1n) is 19.7. The average Bonchev–Trinajstić information content (AvgIpc) is 4.04. The maximum Gasteiger partial charge on any atom is 0.251 e. The Bertz CT molecular complexity index is 2470. The Morgan fingerprint density at radius 2 is 1.40 bits per heavy atom. The zero-order chi connectivity index (χ0) is 39.8. The number of fused-ring (bicyclic) bond motifs is 2. The molecule has 0 bridgehead atoms. The number of rotatable bonds is 10. The van der Waals surface area contributed by atoms with E-state index in [1.165, 1.54) is 24.0 Å². The third-order valence-corrected chi connectivity index (χ3v) is 13.7. The number of benzene rings is 2. The maximum absolute atomic E-state index is 14.1. The van der Waals surface area contributed by atoms with Crippen LogP contribution in [0.2, 0.25) is 0 Å². The Balaban J connectivity index is 0.000000168. The van der Waals surface area contributed by atoms with Crippen LogP contribution in [0.3, 0.4) is 0 Å². The number of nitrogens with zero attached hydrogens (tertiary/aromatic N) is 4.